The summed E-state index contributed by atoms with van der Waals surface area (Å²) in [7, 11) is 0. The smallest absolute Gasteiger partial charge is 0.313 e. The Morgan fingerprint density at radius 1 is 1.32 bits per heavy atom. The number of nitrogens with zero attached hydrogens (tertiary/aromatic N) is 3. The number of benzene rings is 1. The molecule has 0 amide bonds. The number of piperidine rings is 1. The van der Waals surface area contributed by atoms with Gasteiger partial charge in [-0.05, 0) is 36.5 Å². The number of aliphatic hydroxyl groups is 1. The van der Waals surface area contributed by atoms with Crippen molar-refractivity contribution in [2.24, 2.45) is 5.41 Å². The predicted octanol–water partition coefficient (Wildman–Crippen LogP) is 3.43. The minimum Gasteiger partial charge on any atom is -0.481 e. The van der Waals surface area contributed by atoms with Gasteiger partial charge in [-0.3, -0.25) is 9.69 Å². The molecule has 6 nitrogen and oxygen atoms in total. The maximum atomic E-state index is 11.9. The fraction of sp³-hybridized carbons (Fsp3) is 0.545. The van der Waals surface area contributed by atoms with E-state index in [2.05, 4.69) is 48.1 Å². The number of rotatable bonds is 7. The molecule has 0 bridgehead atoms. The molecule has 3 rings (SSSR count). The molecule has 0 saturated carbocycles. The fourth-order valence-corrected chi connectivity index (χ4v) is 4.16. The van der Waals surface area contributed by atoms with Crippen molar-refractivity contribution in [2.45, 2.75) is 58.6 Å². The van der Waals surface area contributed by atoms with Crippen LogP contribution in [0.5, 0.6) is 0 Å². The van der Waals surface area contributed by atoms with Crippen LogP contribution >= 0.6 is 0 Å². The molecular formula is C22H31N3O3. The molecule has 2 aromatic rings. The second kappa shape index (κ2) is 8.45. The average Bonchev–Trinajstić information content (AvgIpc) is 3.13. The summed E-state index contributed by atoms with van der Waals surface area (Å²) in [6, 6.07) is 8.39. The number of hydrogen-bond acceptors (Lipinski definition) is 4. The zero-order valence-electron chi connectivity index (χ0n) is 17.0. The lowest BCUT2D eigenvalue weighted by atomic mass is 9.74. The van der Waals surface area contributed by atoms with Gasteiger partial charge in [0, 0.05) is 31.4 Å². The number of aliphatic hydroxyl groups excluding tert-OH is 1. The molecule has 0 radical (unpaired) electrons. The summed E-state index contributed by atoms with van der Waals surface area (Å²) < 4.78 is 1.86. The SMILES string of the molecule is CCC[C@@]1(C(=O)O)CN(Cc2cnn(-c3ccc(C(C)C)cc3)c2)CC[C@@H]1O. The third kappa shape index (κ3) is 4.13. The van der Waals surface area contributed by atoms with E-state index in [4.69, 9.17) is 0 Å². The van der Waals surface area contributed by atoms with Crippen molar-refractivity contribution in [2.75, 3.05) is 13.1 Å². The van der Waals surface area contributed by atoms with Crippen molar-refractivity contribution in [3.63, 3.8) is 0 Å². The van der Waals surface area contributed by atoms with Crippen molar-refractivity contribution < 1.29 is 15.0 Å². The van der Waals surface area contributed by atoms with Gasteiger partial charge in [-0.1, -0.05) is 39.3 Å². The van der Waals surface area contributed by atoms with Crippen LogP contribution in [-0.4, -0.2) is 50.1 Å². The van der Waals surface area contributed by atoms with Gasteiger partial charge in [0.15, 0.2) is 0 Å². The molecule has 0 unspecified atom stereocenters. The highest BCUT2D eigenvalue weighted by atomic mass is 16.4. The third-order valence-corrected chi connectivity index (χ3v) is 5.85. The Bertz CT molecular complexity index is 800. The summed E-state index contributed by atoms with van der Waals surface area (Å²) >= 11 is 0. The van der Waals surface area contributed by atoms with Crippen LogP contribution in [0.3, 0.4) is 0 Å². The van der Waals surface area contributed by atoms with E-state index in [9.17, 15) is 15.0 Å². The van der Waals surface area contributed by atoms with Gasteiger partial charge in [-0.25, -0.2) is 4.68 Å². The second-order valence-electron chi connectivity index (χ2n) is 8.27. The minimum atomic E-state index is -1.07. The van der Waals surface area contributed by atoms with Gasteiger partial charge in [0.05, 0.1) is 18.0 Å². The zero-order chi connectivity index (χ0) is 20.3. The molecule has 1 fully saturated rings. The number of hydrogen-bond donors (Lipinski definition) is 2. The quantitative estimate of drug-likeness (QED) is 0.763. The molecule has 28 heavy (non-hydrogen) atoms. The normalized spacial score (nSPS) is 23.2. The highest BCUT2D eigenvalue weighted by Crippen LogP contribution is 2.36. The van der Waals surface area contributed by atoms with Crippen LogP contribution in [0.1, 0.15) is 57.1 Å². The van der Waals surface area contributed by atoms with Gasteiger partial charge < -0.3 is 10.2 Å². The molecule has 0 spiro atoms. The van der Waals surface area contributed by atoms with E-state index in [0.717, 1.165) is 17.7 Å². The van der Waals surface area contributed by atoms with Crippen molar-refractivity contribution in [1.29, 1.82) is 0 Å². The van der Waals surface area contributed by atoms with Crippen LogP contribution in [0.15, 0.2) is 36.7 Å². The lowest BCUT2D eigenvalue weighted by molar-refractivity contribution is -0.164. The first kappa shape index (κ1) is 20.6. The highest BCUT2D eigenvalue weighted by molar-refractivity contribution is 5.76. The lowest BCUT2D eigenvalue weighted by Gasteiger charge is -2.43. The van der Waals surface area contributed by atoms with Gasteiger partial charge >= 0.3 is 5.97 Å². The number of carbonyl (C=O) groups is 1. The molecular weight excluding hydrogens is 354 g/mol. The Hall–Kier alpha value is -2.18. The first-order valence-electron chi connectivity index (χ1n) is 10.1. The lowest BCUT2D eigenvalue weighted by Crippen LogP contribution is -2.55. The Morgan fingerprint density at radius 2 is 2.04 bits per heavy atom. The Kier molecular flexibility index (Phi) is 6.20. The molecule has 2 atom stereocenters. The third-order valence-electron chi connectivity index (χ3n) is 5.85. The molecule has 6 heteroatoms. The van der Waals surface area contributed by atoms with Gasteiger partial charge in [0.25, 0.3) is 0 Å². The standard InChI is InChI=1S/C22H31N3O3/c1-4-10-22(21(27)28)15-24(11-9-20(22)26)13-17-12-23-25(14-17)19-7-5-18(6-8-19)16(2)3/h5-8,12,14,16,20,26H,4,9-11,13,15H2,1-3H3,(H,27,28)/t20-,22+/m0/s1. The van der Waals surface area contributed by atoms with Gasteiger partial charge in [-0.15, -0.1) is 0 Å². The molecule has 1 aromatic carbocycles. The predicted molar refractivity (Wildman–Crippen MR) is 109 cm³/mol. The zero-order valence-corrected chi connectivity index (χ0v) is 17.0. The fourth-order valence-electron chi connectivity index (χ4n) is 4.16. The Balaban J connectivity index is 1.71. The Labute approximate surface area is 166 Å². The summed E-state index contributed by atoms with van der Waals surface area (Å²) in [5.74, 6) is -0.401. The molecule has 2 heterocycles. The topological polar surface area (TPSA) is 78.6 Å². The number of aromatic nitrogens is 2. The van der Waals surface area contributed by atoms with Crippen LogP contribution in [0.4, 0.5) is 0 Å². The maximum absolute atomic E-state index is 11.9. The number of carboxylic acid groups (broad SMARTS) is 1. The minimum absolute atomic E-state index is 0.367. The van der Waals surface area contributed by atoms with Gasteiger partial charge in [0.2, 0.25) is 0 Å². The van der Waals surface area contributed by atoms with E-state index in [-0.39, 0.29) is 0 Å². The van der Waals surface area contributed by atoms with E-state index >= 15 is 0 Å². The van der Waals surface area contributed by atoms with Crippen LogP contribution < -0.4 is 0 Å². The Morgan fingerprint density at radius 3 is 2.64 bits per heavy atom. The molecule has 1 aromatic heterocycles. The maximum Gasteiger partial charge on any atom is 0.313 e. The van der Waals surface area contributed by atoms with Crippen molar-refractivity contribution >= 4 is 5.97 Å². The first-order valence-corrected chi connectivity index (χ1v) is 10.1. The van der Waals surface area contributed by atoms with Gasteiger partial charge in [-0.2, -0.15) is 5.10 Å². The van der Waals surface area contributed by atoms with Crippen molar-refractivity contribution in [3.05, 3.63) is 47.8 Å². The van der Waals surface area contributed by atoms with Crippen molar-refractivity contribution in [1.82, 2.24) is 14.7 Å². The summed E-state index contributed by atoms with van der Waals surface area (Å²) in [5.41, 5.74) is 2.27. The monoisotopic (exact) mass is 385 g/mol. The van der Waals surface area contributed by atoms with Crippen LogP contribution in [0, 0.1) is 5.41 Å². The summed E-state index contributed by atoms with van der Waals surface area (Å²) in [5, 5.41) is 24.7. The first-order chi connectivity index (χ1) is 13.4. The van der Waals surface area contributed by atoms with E-state index in [1.807, 2.05) is 24.0 Å². The second-order valence-corrected chi connectivity index (χ2v) is 8.27. The van der Waals surface area contributed by atoms with E-state index < -0.39 is 17.5 Å². The summed E-state index contributed by atoms with van der Waals surface area (Å²) in [4.78, 5) is 14.1. The number of carboxylic acids is 1. The molecule has 1 aliphatic heterocycles. The van der Waals surface area contributed by atoms with E-state index in [1.54, 1.807) is 0 Å². The van der Waals surface area contributed by atoms with Crippen molar-refractivity contribution in [3.8, 4) is 5.69 Å². The molecule has 2 N–H and O–H groups in total. The largest absolute Gasteiger partial charge is 0.481 e. The number of aliphatic carboxylic acids is 1. The van der Waals surface area contributed by atoms with Crippen LogP contribution in [0.2, 0.25) is 0 Å². The number of likely N-dealkylation sites (tertiary alicyclic amines) is 1. The molecule has 1 saturated heterocycles. The summed E-state index contributed by atoms with van der Waals surface area (Å²) in [6.45, 7) is 8.00. The van der Waals surface area contributed by atoms with Crippen LogP contribution in [-0.2, 0) is 11.3 Å². The average molecular weight is 386 g/mol. The highest BCUT2D eigenvalue weighted by Gasteiger charge is 2.48. The molecule has 1 aliphatic rings. The van der Waals surface area contributed by atoms with Gasteiger partial charge in [0.1, 0.15) is 5.41 Å². The van der Waals surface area contributed by atoms with E-state index in [1.165, 1.54) is 5.56 Å². The summed E-state index contributed by atoms with van der Waals surface area (Å²) in [6.07, 6.45) is 4.75. The molecule has 0 aliphatic carbocycles. The van der Waals surface area contributed by atoms with E-state index in [0.29, 0.717) is 38.4 Å². The molecule has 152 valence electrons. The van der Waals surface area contributed by atoms with Crippen LogP contribution in [0.25, 0.3) is 5.69 Å².